The Kier molecular flexibility index (Phi) is 2.34. The SMILES string of the molecule is Cn1ccc2c(C(F)(F)F)c([N+](=O)[O-])ccc21. The second-order valence-electron chi connectivity index (χ2n) is 3.57. The van der Waals surface area contributed by atoms with E-state index in [0.717, 1.165) is 6.07 Å². The van der Waals surface area contributed by atoms with Crippen LogP contribution < -0.4 is 0 Å². The third-order valence-electron chi connectivity index (χ3n) is 2.53. The molecule has 1 heterocycles. The molecule has 0 aliphatic rings. The topological polar surface area (TPSA) is 48.1 Å². The number of hydrogen-bond donors (Lipinski definition) is 0. The lowest BCUT2D eigenvalue weighted by Gasteiger charge is -2.09. The van der Waals surface area contributed by atoms with Crippen molar-refractivity contribution < 1.29 is 18.1 Å². The summed E-state index contributed by atoms with van der Waals surface area (Å²) < 4.78 is 40.0. The van der Waals surface area contributed by atoms with Crippen LogP contribution in [0.3, 0.4) is 0 Å². The minimum Gasteiger partial charge on any atom is -0.351 e. The number of nitro groups is 1. The molecule has 7 heteroatoms. The van der Waals surface area contributed by atoms with Crippen LogP contribution in [0.1, 0.15) is 5.56 Å². The normalized spacial score (nSPS) is 12.0. The molecule has 1 aromatic carbocycles. The quantitative estimate of drug-likeness (QED) is 0.571. The zero-order chi connectivity index (χ0) is 12.8. The molecule has 0 saturated carbocycles. The average Bonchev–Trinajstić information content (AvgIpc) is 2.57. The Balaban J connectivity index is 2.90. The molecule has 0 fully saturated rings. The average molecular weight is 244 g/mol. The van der Waals surface area contributed by atoms with Gasteiger partial charge in [0.1, 0.15) is 5.56 Å². The summed E-state index contributed by atoms with van der Waals surface area (Å²) in [6.45, 7) is 0. The van der Waals surface area contributed by atoms with Gasteiger partial charge in [0.25, 0.3) is 5.69 Å². The third kappa shape index (κ3) is 1.73. The molecular formula is C10H7F3N2O2. The highest BCUT2D eigenvalue weighted by Gasteiger charge is 2.40. The van der Waals surface area contributed by atoms with Crippen molar-refractivity contribution in [2.45, 2.75) is 6.18 Å². The van der Waals surface area contributed by atoms with Crippen LogP contribution in [0.2, 0.25) is 0 Å². The van der Waals surface area contributed by atoms with Gasteiger partial charge in [0.2, 0.25) is 0 Å². The maximum atomic E-state index is 12.8. The number of nitro benzene ring substituents is 1. The van der Waals surface area contributed by atoms with Crippen molar-refractivity contribution in [3.63, 3.8) is 0 Å². The van der Waals surface area contributed by atoms with E-state index in [4.69, 9.17) is 0 Å². The first kappa shape index (κ1) is 11.4. The minimum atomic E-state index is -4.75. The first-order valence-electron chi connectivity index (χ1n) is 4.62. The number of benzene rings is 1. The summed E-state index contributed by atoms with van der Waals surface area (Å²) >= 11 is 0. The molecule has 0 spiro atoms. The lowest BCUT2D eigenvalue weighted by molar-refractivity contribution is -0.387. The zero-order valence-corrected chi connectivity index (χ0v) is 8.65. The molecule has 2 rings (SSSR count). The highest BCUT2D eigenvalue weighted by Crippen LogP contribution is 2.41. The molecule has 0 aliphatic heterocycles. The molecule has 1 aromatic heterocycles. The first-order chi connectivity index (χ1) is 7.82. The Morgan fingerprint density at radius 1 is 1.29 bits per heavy atom. The van der Waals surface area contributed by atoms with Crippen LogP contribution in [0.25, 0.3) is 10.9 Å². The van der Waals surface area contributed by atoms with Gasteiger partial charge in [-0.1, -0.05) is 0 Å². The Hall–Kier alpha value is -2.05. The number of aryl methyl sites for hydroxylation is 1. The monoisotopic (exact) mass is 244 g/mol. The number of rotatable bonds is 1. The molecule has 2 aromatic rings. The Morgan fingerprint density at radius 3 is 2.47 bits per heavy atom. The van der Waals surface area contributed by atoms with Gasteiger partial charge in [0, 0.05) is 30.2 Å². The molecule has 0 aliphatic carbocycles. The van der Waals surface area contributed by atoms with E-state index in [1.165, 1.54) is 22.9 Å². The maximum Gasteiger partial charge on any atom is 0.423 e. The van der Waals surface area contributed by atoms with Crippen LogP contribution >= 0.6 is 0 Å². The van der Waals surface area contributed by atoms with Gasteiger partial charge in [-0.05, 0) is 12.1 Å². The molecule has 90 valence electrons. The fourth-order valence-corrected chi connectivity index (χ4v) is 1.79. The van der Waals surface area contributed by atoms with Crippen molar-refractivity contribution >= 4 is 16.6 Å². The number of alkyl halides is 3. The lowest BCUT2D eigenvalue weighted by Crippen LogP contribution is -2.09. The van der Waals surface area contributed by atoms with E-state index in [-0.39, 0.29) is 5.39 Å². The van der Waals surface area contributed by atoms with Crippen molar-refractivity contribution in [2.75, 3.05) is 0 Å². The van der Waals surface area contributed by atoms with Gasteiger partial charge >= 0.3 is 6.18 Å². The second kappa shape index (κ2) is 3.47. The Bertz CT molecular complexity index is 601. The van der Waals surface area contributed by atoms with Crippen molar-refractivity contribution in [1.29, 1.82) is 0 Å². The molecule has 4 nitrogen and oxygen atoms in total. The van der Waals surface area contributed by atoms with E-state index in [2.05, 4.69) is 0 Å². The summed E-state index contributed by atoms with van der Waals surface area (Å²) in [7, 11) is 1.58. The number of hydrogen-bond acceptors (Lipinski definition) is 2. The maximum absolute atomic E-state index is 12.8. The molecular weight excluding hydrogens is 237 g/mol. The van der Waals surface area contributed by atoms with E-state index >= 15 is 0 Å². The Labute approximate surface area is 93.4 Å². The van der Waals surface area contributed by atoms with Crippen molar-refractivity contribution in [1.82, 2.24) is 4.57 Å². The van der Waals surface area contributed by atoms with Gasteiger partial charge in [0.15, 0.2) is 0 Å². The van der Waals surface area contributed by atoms with Gasteiger partial charge in [0.05, 0.1) is 4.92 Å². The van der Waals surface area contributed by atoms with E-state index < -0.39 is 22.4 Å². The summed E-state index contributed by atoms with van der Waals surface area (Å²) in [5.74, 6) is 0. The number of aromatic nitrogens is 1. The highest BCUT2D eigenvalue weighted by atomic mass is 19.4. The first-order valence-corrected chi connectivity index (χ1v) is 4.62. The van der Waals surface area contributed by atoms with Crippen LogP contribution in [0.5, 0.6) is 0 Å². The lowest BCUT2D eigenvalue weighted by atomic mass is 10.1. The van der Waals surface area contributed by atoms with Crippen LogP contribution in [0, 0.1) is 10.1 Å². The number of nitrogens with zero attached hydrogens (tertiary/aromatic N) is 2. The van der Waals surface area contributed by atoms with Crippen molar-refractivity contribution in [2.24, 2.45) is 7.05 Å². The summed E-state index contributed by atoms with van der Waals surface area (Å²) in [6.07, 6.45) is -3.31. The van der Waals surface area contributed by atoms with Crippen molar-refractivity contribution in [3.05, 3.63) is 40.1 Å². The number of fused-ring (bicyclic) bond motifs is 1. The molecule has 0 radical (unpaired) electrons. The third-order valence-corrected chi connectivity index (χ3v) is 2.53. The predicted octanol–water partition coefficient (Wildman–Crippen LogP) is 3.11. The second-order valence-corrected chi connectivity index (χ2v) is 3.57. The van der Waals surface area contributed by atoms with E-state index in [1.54, 1.807) is 7.05 Å². The standard InChI is InChI=1S/C10H7F3N2O2/c1-14-5-4-6-7(14)2-3-8(15(16)17)9(6)10(11,12)13/h2-5H,1H3. The van der Waals surface area contributed by atoms with Gasteiger partial charge in [-0.25, -0.2) is 0 Å². The van der Waals surface area contributed by atoms with Crippen molar-refractivity contribution in [3.8, 4) is 0 Å². The largest absolute Gasteiger partial charge is 0.423 e. The Morgan fingerprint density at radius 2 is 1.94 bits per heavy atom. The van der Waals surface area contributed by atoms with Gasteiger partial charge in [-0.3, -0.25) is 10.1 Å². The van der Waals surface area contributed by atoms with Crippen LogP contribution in [0.4, 0.5) is 18.9 Å². The summed E-state index contributed by atoms with van der Waals surface area (Å²) in [5.41, 5.74) is -1.81. The fraction of sp³-hybridized carbons (Fsp3) is 0.200. The molecule has 17 heavy (non-hydrogen) atoms. The molecule has 0 bridgehead atoms. The van der Waals surface area contributed by atoms with Crippen LogP contribution in [-0.2, 0) is 13.2 Å². The highest BCUT2D eigenvalue weighted by molar-refractivity contribution is 5.87. The molecule has 0 saturated heterocycles. The molecule has 0 N–H and O–H groups in total. The predicted molar refractivity (Wildman–Crippen MR) is 54.6 cm³/mol. The van der Waals surface area contributed by atoms with E-state index in [9.17, 15) is 23.3 Å². The summed E-state index contributed by atoms with van der Waals surface area (Å²) in [5, 5.41) is 10.5. The molecule has 0 amide bonds. The smallest absolute Gasteiger partial charge is 0.351 e. The van der Waals surface area contributed by atoms with Crippen LogP contribution in [-0.4, -0.2) is 9.49 Å². The summed E-state index contributed by atoms with van der Waals surface area (Å²) in [6, 6.07) is 3.42. The zero-order valence-electron chi connectivity index (χ0n) is 8.65. The fourth-order valence-electron chi connectivity index (χ4n) is 1.79. The van der Waals surface area contributed by atoms with Gasteiger partial charge in [-0.2, -0.15) is 13.2 Å². The van der Waals surface area contributed by atoms with Gasteiger partial charge in [-0.15, -0.1) is 0 Å². The van der Waals surface area contributed by atoms with Gasteiger partial charge < -0.3 is 4.57 Å². The molecule has 0 atom stereocenters. The summed E-state index contributed by atoms with van der Waals surface area (Å²) in [4.78, 5) is 9.60. The van der Waals surface area contributed by atoms with E-state index in [0.29, 0.717) is 5.52 Å². The van der Waals surface area contributed by atoms with Crippen LogP contribution in [0.15, 0.2) is 24.4 Å². The van der Waals surface area contributed by atoms with E-state index in [1.807, 2.05) is 0 Å². The minimum absolute atomic E-state index is 0.158. The number of halogens is 3. The molecule has 0 unspecified atom stereocenters.